The third-order valence-electron chi connectivity index (χ3n) is 2.21. The van der Waals surface area contributed by atoms with E-state index < -0.39 is 0 Å². The lowest BCUT2D eigenvalue weighted by Crippen LogP contribution is -1.98. The van der Waals surface area contributed by atoms with Crippen molar-refractivity contribution in [3.8, 4) is 5.75 Å². The van der Waals surface area contributed by atoms with Gasteiger partial charge < -0.3 is 10.5 Å². The van der Waals surface area contributed by atoms with Crippen molar-refractivity contribution in [2.45, 2.75) is 32.6 Å². The first-order valence-electron chi connectivity index (χ1n) is 5.42. The Balaban J connectivity index is 2.31. The topological polar surface area (TPSA) is 35.2 Å². The Morgan fingerprint density at radius 1 is 1.27 bits per heavy atom. The first-order valence-corrected chi connectivity index (χ1v) is 5.79. The van der Waals surface area contributed by atoms with E-state index in [1.54, 1.807) is 12.1 Å². The Morgan fingerprint density at radius 2 is 2.07 bits per heavy atom. The van der Waals surface area contributed by atoms with Gasteiger partial charge in [0, 0.05) is 5.69 Å². The van der Waals surface area contributed by atoms with Gasteiger partial charge in [-0.3, -0.25) is 0 Å². The molecule has 0 aliphatic heterocycles. The van der Waals surface area contributed by atoms with Gasteiger partial charge in [0.1, 0.15) is 5.75 Å². The zero-order valence-corrected chi connectivity index (χ0v) is 9.89. The van der Waals surface area contributed by atoms with Crippen molar-refractivity contribution in [3.63, 3.8) is 0 Å². The number of nitrogens with two attached hydrogens (primary N) is 1. The zero-order chi connectivity index (χ0) is 11.1. The number of halogens is 1. The van der Waals surface area contributed by atoms with Crippen LogP contribution in [-0.4, -0.2) is 6.61 Å². The van der Waals surface area contributed by atoms with E-state index in [9.17, 15) is 0 Å². The Hall–Kier alpha value is -0.890. The minimum absolute atomic E-state index is 0.588. The summed E-state index contributed by atoms with van der Waals surface area (Å²) in [5.41, 5.74) is 6.25. The number of hydrogen-bond donors (Lipinski definition) is 1. The van der Waals surface area contributed by atoms with Gasteiger partial charge in [-0.05, 0) is 24.6 Å². The van der Waals surface area contributed by atoms with E-state index in [2.05, 4.69) is 6.92 Å². The number of anilines is 1. The molecular weight excluding hydrogens is 210 g/mol. The van der Waals surface area contributed by atoms with Crippen LogP contribution in [0, 0.1) is 0 Å². The molecule has 0 unspecified atom stereocenters. The van der Waals surface area contributed by atoms with E-state index in [4.69, 9.17) is 22.1 Å². The molecule has 84 valence electrons. The molecule has 1 aromatic rings. The molecule has 0 saturated carbocycles. The van der Waals surface area contributed by atoms with Gasteiger partial charge >= 0.3 is 0 Å². The maximum absolute atomic E-state index is 5.96. The van der Waals surface area contributed by atoms with Crippen molar-refractivity contribution in [1.82, 2.24) is 0 Å². The molecule has 15 heavy (non-hydrogen) atoms. The summed E-state index contributed by atoms with van der Waals surface area (Å²) in [5.74, 6) is 0.724. The molecule has 2 N–H and O–H groups in total. The summed E-state index contributed by atoms with van der Waals surface area (Å²) >= 11 is 5.96. The molecule has 0 aromatic heterocycles. The summed E-state index contributed by atoms with van der Waals surface area (Å²) in [6.07, 6.45) is 4.79. The number of benzene rings is 1. The lowest BCUT2D eigenvalue weighted by atomic mass is 10.2. The normalized spacial score (nSPS) is 10.3. The quantitative estimate of drug-likeness (QED) is 0.591. The minimum Gasteiger partial charge on any atom is -0.492 e. The largest absolute Gasteiger partial charge is 0.492 e. The maximum atomic E-state index is 5.96. The third kappa shape index (κ3) is 4.43. The molecule has 1 rings (SSSR count). The SMILES string of the molecule is CCCCCCOc1ccc(N)cc1Cl. The summed E-state index contributed by atoms with van der Waals surface area (Å²) in [4.78, 5) is 0. The Kier molecular flexibility index (Phi) is 5.33. The molecule has 1 aromatic carbocycles. The third-order valence-corrected chi connectivity index (χ3v) is 2.51. The van der Waals surface area contributed by atoms with Gasteiger partial charge in [-0.15, -0.1) is 0 Å². The van der Waals surface area contributed by atoms with E-state index in [0.29, 0.717) is 10.7 Å². The second-order valence-electron chi connectivity index (χ2n) is 3.60. The molecule has 0 atom stereocenters. The van der Waals surface area contributed by atoms with Crippen molar-refractivity contribution in [2.24, 2.45) is 0 Å². The van der Waals surface area contributed by atoms with Crippen LogP contribution in [0.5, 0.6) is 5.75 Å². The molecule has 0 aliphatic rings. The van der Waals surface area contributed by atoms with Gasteiger partial charge in [-0.1, -0.05) is 37.8 Å². The molecule has 3 heteroatoms. The van der Waals surface area contributed by atoms with Gasteiger partial charge in [-0.25, -0.2) is 0 Å². The predicted molar refractivity (Wildman–Crippen MR) is 65.5 cm³/mol. The van der Waals surface area contributed by atoms with Crippen LogP contribution in [-0.2, 0) is 0 Å². The van der Waals surface area contributed by atoms with Crippen molar-refractivity contribution >= 4 is 17.3 Å². The van der Waals surface area contributed by atoms with Crippen molar-refractivity contribution in [1.29, 1.82) is 0 Å². The van der Waals surface area contributed by atoms with Gasteiger partial charge in [0.25, 0.3) is 0 Å². The van der Waals surface area contributed by atoms with Crippen LogP contribution < -0.4 is 10.5 Å². The Labute approximate surface area is 96.4 Å². The smallest absolute Gasteiger partial charge is 0.138 e. The molecule has 2 nitrogen and oxygen atoms in total. The van der Waals surface area contributed by atoms with Crippen LogP contribution in [0.4, 0.5) is 5.69 Å². The molecule has 0 saturated heterocycles. The van der Waals surface area contributed by atoms with Gasteiger partial charge in [-0.2, -0.15) is 0 Å². The highest BCUT2D eigenvalue weighted by Gasteiger charge is 2.00. The second kappa shape index (κ2) is 6.57. The van der Waals surface area contributed by atoms with Crippen LogP contribution in [0.1, 0.15) is 32.6 Å². The fourth-order valence-electron chi connectivity index (χ4n) is 1.35. The van der Waals surface area contributed by atoms with Crippen molar-refractivity contribution in [2.75, 3.05) is 12.3 Å². The monoisotopic (exact) mass is 227 g/mol. The van der Waals surface area contributed by atoms with Crippen LogP contribution in [0.25, 0.3) is 0 Å². The molecule has 0 radical (unpaired) electrons. The first kappa shape index (κ1) is 12.2. The fraction of sp³-hybridized carbons (Fsp3) is 0.500. The molecule has 0 fully saturated rings. The zero-order valence-electron chi connectivity index (χ0n) is 9.13. The molecule has 0 bridgehead atoms. The molecule has 0 heterocycles. The van der Waals surface area contributed by atoms with Gasteiger partial charge in [0.2, 0.25) is 0 Å². The number of nitrogen functional groups attached to an aromatic ring is 1. The van der Waals surface area contributed by atoms with Crippen molar-refractivity contribution in [3.05, 3.63) is 23.2 Å². The Morgan fingerprint density at radius 3 is 2.73 bits per heavy atom. The van der Waals surface area contributed by atoms with Gasteiger partial charge in [0.15, 0.2) is 0 Å². The van der Waals surface area contributed by atoms with Crippen LogP contribution in [0.2, 0.25) is 5.02 Å². The standard InChI is InChI=1S/C12H18ClNO/c1-2-3-4-5-8-15-12-7-6-10(14)9-11(12)13/h6-7,9H,2-5,8,14H2,1H3. The maximum Gasteiger partial charge on any atom is 0.138 e. The predicted octanol–water partition coefficient (Wildman–Crippen LogP) is 3.88. The number of rotatable bonds is 6. The van der Waals surface area contributed by atoms with E-state index in [1.807, 2.05) is 6.07 Å². The summed E-state index contributed by atoms with van der Waals surface area (Å²) in [7, 11) is 0. The highest BCUT2D eigenvalue weighted by molar-refractivity contribution is 6.32. The van der Waals surface area contributed by atoms with E-state index in [0.717, 1.165) is 18.8 Å². The molecule has 0 aliphatic carbocycles. The van der Waals surface area contributed by atoms with E-state index >= 15 is 0 Å². The average Bonchev–Trinajstić information content (AvgIpc) is 2.20. The van der Waals surface area contributed by atoms with E-state index in [-0.39, 0.29) is 0 Å². The summed E-state index contributed by atoms with van der Waals surface area (Å²) in [6.45, 7) is 2.92. The van der Waals surface area contributed by atoms with Gasteiger partial charge in [0.05, 0.1) is 11.6 Å². The first-order chi connectivity index (χ1) is 7.24. The molecule has 0 spiro atoms. The lowest BCUT2D eigenvalue weighted by molar-refractivity contribution is 0.305. The molecule has 0 amide bonds. The average molecular weight is 228 g/mol. The van der Waals surface area contributed by atoms with Crippen LogP contribution in [0.15, 0.2) is 18.2 Å². The fourth-order valence-corrected chi connectivity index (χ4v) is 1.59. The number of ether oxygens (including phenoxy) is 1. The second-order valence-corrected chi connectivity index (χ2v) is 4.01. The van der Waals surface area contributed by atoms with E-state index in [1.165, 1.54) is 19.3 Å². The van der Waals surface area contributed by atoms with Crippen LogP contribution in [0.3, 0.4) is 0 Å². The minimum atomic E-state index is 0.588. The summed E-state index contributed by atoms with van der Waals surface area (Å²) < 4.78 is 5.55. The summed E-state index contributed by atoms with van der Waals surface area (Å²) in [5, 5.41) is 0.588. The number of hydrogen-bond acceptors (Lipinski definition) is 2. The van der Waals surface area contributed by atoms with Crippen LogP contribution >= 0.6 is 11.6 Å². The van der Waals surface area contributed by atoms with Crippen molar-refractivity contribution < 1.29 is 4.74 Å². The summed E-state index contributed by atoms with van der Waals surface area (Å²) in [6, 6.07) is 5.33. The molecular formula is C12H18ClNO. The Bertz CT molecular complexity index is 302. The number of unbranched alkanes of at least 4 members (excludes halogenated alkanes) is 3. The lowest BCUT2D eigenvalue weighted by Gasteiger charge is -2.08. The highest BCUT2D eigenvalue weighted by Crippen LogP contribution is 2.26. The highest BCUT2D eigenvalue weighted by atomic mass is 35.5.